The van der Waals surface area contributed by atoms with Gasteiger partial charge in [-0.25, -0.2) is 0 Å². The number of carbonyl (C=O) groups is 1. The summed E-state index contributed by atoms with van der Waals surface area (Å²) in [6.45, 7) is 6.23. The molecule has 1 aliphatic rings. The summed E-state index contributed by atoms with van der Waals surface area (Å²) in [5.74, 6) is 0.101. The van der Waals surface area contributed by atoms with Gasteiger partial charge < -0.3 is 11.1 Å². The lowest BCUT2D eigenvalue weighted by Crippen LogP contribution is -2.40. The zero-order valence-corrected chi connectivity index (χ0v) is 8.42. The van der Waals surface area contributed by atoms with Gasteiger partial charge in [0.05, 0.1) is 6.54 Å². The van der Waals surface area contributed by atoms with Crippen molar-refractivity contribution in [3.8, 4) is 0 Å². The van der Waals surface area contributed by atoms with Gasteiger partial charge in [0, 0.05) is 25.2 Å². The molecule has 0 aromatic heterocycles. The van der Waals surface area contributed by atoms with Gasteiger partial charge in [-0.2, -0.15) is 0 Å². The smallest absolute Gasteiger partial charge is 0.234 e. The first-order valence-corrected chi connectivity index (χ1v) is 4.85. The van der Waals surface area contributed by atoms with Crippen molar-refractivity contribution in [1.82, 2.24) is 10.2 Å². The highest BCUT2D eigenvalue weighted by molar-refractivity contribution is 5.78. The molecular formula is C9H19N3O. The highest BCUT2D eigenvalue weighted by Gasteiger charge is 2.20. The third-order valence-electron chi connectivity index (χ3n) is 2.13. The Hall–Kier alpha value is -0.610. The van der Waals surface area contributed by atoms with Crippen LogP contribution in [0.2, 0.25) is 0 Å². The van der Waals surface area contributed by atoms with Gasteiger partial charge in [-0.05, 0) is 20.3 Å². The van der Waals surface area contributed by atoms with E-state index in [0.29, 0.717) is 6.54 Å². The van der Waals surface area contributed by atoms with Crippen molar-refractivity contribution >= 4 is 5.91 Å². The zero-order chi connectivity index (χ0) is 9.84. The second kappa shape index (κ2) is 4.58. The van der Waals surface area contributed by atoms with Crippen molar-refractivity contribution in [1.29, 1.82) is 0 Å². The molecule has 1 saturated heterocycles. The second-order valence-corrected chi connectivity index (χ2v) is 4.01. The van der Waals surface area contributed by atoms with Crippen LogP contribution in [0.25, 0.3) is 0 Å². The molecule has 4 nitrogen and oxygen atoms in total. The van der Waals surface area contributed by atoms with E-state index in [1.165, 1.54) is 0 Å². The maximum absolute atomic E-state index is 11.3. The minimum atomic E-state index is 0.101. The van der Waals surface area contributed by atoms with Gasteiger partial charge >= 0.3 is 0 Å². The molecule has 1 amide bonds. The van der Waals surface area contributed by atoms with E-state index in [9.17, 15) is 4.79 Å². The van der Waals surface area contributed by atoms with E-state index in [2.05, 4.69) is 10.2 Å². The van der Waals surface area contributed by atoms with Crippen molar-refractivity contribution < 1.29 is 4.79 Å². The molecule has 1 rings (SSSR count). The molecule has 1 unspecified atom stereocenters. The summed E-state index contributed by atoms with van der Waals surface area (Å²) in [6, 6.07) is 0.482. The van der Waals surface area contributed by atoms with E-state index in [0.717, 1.165) is 19.5 Å². The van der Waals surface area contributed by atoms with Gasteiger partial charge in [0.25, 0.3) is 0 Å². The third kappa shape index (κ3) is 3.74. The number of nitrogens with two attached hydrogens (primary N) is 1. The van der Waals surface area contributed by atoms with Crippen LogP contribution < -0.4 is 11.1 Å². The fraction of sp³-hybridized carbons (Fsp3) is 0.889. The van der Waals surface area contributed by atoms with Crippen LogP contribution in [0.15, 0.2) is 0 Å². The van der Waals surface area contributed by atoms with Crippen LogP contribution >= 0.6 is 0 Å². The van der Waals surface area contributed by atoms with Gasteiger partial charge in [-0.15, -0.1) is 0 Å². The van der Waals surface area contributed by atoms with Crippen LogP contribution in [0.5, 0.6) is 0 Å². The number of carbonyl (C=O) groups excluding carboxylic acids is 1. The van der Waals surface area contributed by atoms with E-state index < -0.39 is 0 Å². The van der Waals surface area contributed by atoms with Crippen molar-refractivity contribution in [2.45, 2.75) is 32.4 Å². The van der Waals surface area contributed by atoms with Gasteiger partial charge in [-0.1, -0.05) is 0 Å². The molecule has 1 aliphatic heterocycles. The molecule has 1 atom stereocenters. The van der Waals surface area contributed by atoms with Gasteiger partial charge in [-0.3, -0.25) is 9.69 Å². The highest BCUT2D eigenvalue weighted by Crippen LogP contribution is 2.05. The van der Waals surface area contributed by atoms with E-state index >= 15 is 0 Å². The third-order valence-corrected chi connectivity index (χ3v) is 2.13. The predicted octanol–water partition coefficient (Wildman–Crippen LogP) is -0.456. The van der Waals surface area contributed by atoms with Crippen LogP contribution in [0, 0.1) is 0 Å². The Labute approximate surface area is 79.5 Å². The minimum absolute atomic E-state index is 0.101. The van der Waals surface area contributed by atoms with E-state index in [1.54, 1.807) is 0 Å². The van der Waals surface area contributed by atoms with Gasteiger partial charge in [0.1, 0.15) is 0 Å². The molecule has 0 aliphatic carbocycles. The van der Waals surface area contributed by atoms with Crippen molar-refractivity contribution in [2.24, 2.45) is 5.73 Å². The van der Waals surface area contributed by atoms with E-state index in [4.69, 9.17) is 5.73 Å². The topological polar surface area (TPSA) is 58.4 Å². The maximum atomic E-state index is 11.3. The molecule has 3 N–H and O–H groups in total. The van der Waals surface area contributed by atoms with Crippen molar-refractivity contribution in [3.63, 3.8) is 0 Å². The normalized spacial score (nSPS) is 23.8. The lowest BCUT2D eigenvalue weighted by molar-refractivity contribution is -0.122. The Balaban J connectivity index is 2.21. The Morgan fingerprint density at radius 3 is 2.85 bits per heavy atom. The van der Waals surface area contributed by atoms with Crippen LogP contribution in [0.1, 0.15) is 20.3 Å². The number of hydrogen-bond acceptors (Lipinski definition) is 3. The number of likely N-dealkylation sites (tertiary alicyclic amines) is 1. The maximum Gasteiger partial charge on any atom is 0.234 e. The molecule has 0 aromatic rings. The standard InChI is InChI=1S/C9H19N3O/c1-7(2)11-9(13)6-12-4-3-8(10)5-12/h7-8H,3-6,10H2,1-2H3,(H,11,13). The van der Waals surface area contributed by atoms with Crippen LogP contribution in [0.3, 0.4) is 0 Å². The molecule has 1 fully saturated rings. The average molecular weight is 185 g/mol. The molecule has 13 heavy (non-hydrogen) atoms. The SMILES string of the molecule is CC(C)NC(=O)CN1CCC(N)C1. The largest absolute Gasteiger partial charge is 0.353 e. The Morgan fingerprint density at radius 2 is 2.38 bits per heavy atom. The van der Waals surface area contributed by atoms with Crippen molar-refractivity contribution in [2.75, 3.05) is 19.6 Å². The lowest BCUT2D eigenvalue weighted by Gasteiger charge is -2.15. The molecule has 0 radical (unpaired) electrons. The molecule has 1 heterocycles. The van der Waals surface area contributed by atoms with Crippen molar-refractivity contribution in [3.05, 3.63) is 0 Å². The molecule has 0 bridgehead atoms. The summed E-state index contributed by atoms with van der Waals surface area (Å²) in [6.07, 6.45) is 1.01. The summed E-state index contributed by atoms with van der Waals surface area (Å²) in [4.78, 5) is 13.4. The molecule has 0 saturated carbocycles. The Bertz CT molecular complexity index is 182. The average Bonchev–Trinajstić information content (AvgIpc) is 2.33. The van der Waals surface area contributed by atoms with Crippen LogP contribution in [-0.4, -0.2) is 42.5 Å². The predicted molar refractivity (Wildman–Crippen MR) is 52.3 cm³/mol. The molecule has 0 aromatic carbocycles. The molecule has 76 valence electrons. The molecule has 0 spiro atoms. The summed E-state index contributed by atoms with van der Waals surface area (Å²) in [5, 5.41) is 2.86. The summed E-state index contributed by atoms with van der Waals surface area (Å²) >= 11 is 0. The number of rotatable bonds is 3. The molecular weight excluding hydrogens is 166 g/mol. The monoisotopic (exact) mass is 185 g/mol. The fourth-order valence-corrected chi connectivity index (χ4v) is 1.58. The summed E-state index contributed by atoms with van der Waals surface area (Å²) in [5.41, 5.74) is 5.73. The molecule has 4 heteroatoms. The number of amides is 1. The first-order chi connectivity index (χ1) is 6.08. The van der Waals surface area contributed by atoms with Crippen LogP contribution in [0.4, 0.5) is 0 Å². The van der Waals surface area contributed by atoms with Gasteiger partial charge in [0.15, 0.2) is 0 Å². The van der Waals surface area contributed by atoms with E-state index in [-0.39, 0.29) is 18.0 Å². The lowest BCUT2D eigenvalue weighted by atomic mass is 10.3. The highest BCUT2D eigenvalue weighted by atomic mass is 16.2. The zero-order valence-electron chi connectivity index (χ0n) is 8.42. The Morgan fingerprint density at radius 1 is 1.69 bits per heavy atom. The van der Waals surface area contributed by atoms with E-state index in [1.807, 2.05) is 13.8 Å². The first kappa shape index (κ1) is 10.5. The van der Waals surface area contributed by atoms with Gasteiger partial charge in [0.2, 0.25) is 5.91 Å². The minimum Gasteiger partial charge on any atom is -0.353 e. The first-order valence-electron chi connectivity index (χ1n) is 4.85. The Kier molecular flexibility index (Phi) is 3.69. The summed E-state index contributed by atoms with van der Waals surface area (Å²) < 4.78 is 0. The number of hydrogen-bond donors (Lipinski definition) is 2. The summed E-state index contributed by atoms with van der Waals surface area (Å²) in [7, 11) is 0. The van der Waals surface area contributed by atoms with Crippen LogP contribution in [-0.2, 0) is 4.79 Å². The second-order valence-electron chi connectivity index (χ2n) is 4.01. The fourth-order valence-electron chi connectivity index (χ4n) is 1.58. The number of nitrogens with zero attached hydrogens (tertiary/aromatic N) is 1. The number of nitrogens with one attached hydrogen (secondary N) is 1. The quantitative estimate of drug-likeness (QED) is 0.626.